The van der Waals surface area contributed by atoms with Gasteiger partial charge in [0, 0.05) is 29.4 Å². The van der Waals surface area contributed by atoms with E-state index < -0.39 is 0 Å². The van der Waals surface area contributed by atoms with E-state index in [0.717, 1.165) is 11.3 Å². The van der Waals surface area contributed by atoms with Gasteiger partial charge in [0.25, 0.3) is 0 Å². The highest BCUT2D eigenvalue weighted by atomic mass is 16.5. The average molecular weight is 282 g/mol. The SMILES string of the molecule is COc1ccc(C#N)cc1Cn1ccc(C(=O)C(C)C)c1. The van der Waals surface area contributed by atoms with Crippen molar-refractivity contribution in [1.82, 2.24) is 4.57 Å². The van der Waals surface area contributed by atoms with E-state index in [9.17, 15) is 4.79 Å². The highest BCUT2D eigenvalue weighted by Gasteiger charge is 2.12. The van der Waals surface area contributed by atoms with Crippen molar-refractivity contribution in [3.63, 3.8) is 0 Å². The Bertz CT molecular complexity index is 693. The first kappa shape index (κ1) is 14.9. The maximum atomic E-state index is 12.0. The molecule has 2 aromatic rings. The molecule has 0 fully saturated rings. The molecule has 21 heavy (non-hydrogen) atoms. The summed E-state index contributed by atoms with van der Waals surface area (Å²) in [6, 6.07) is 9.27. The first-order valence-electron chi connectivity index (χ1n) is 6.82. The molecule has 1 aromatic heterocycles. The molecule has 4 nitrogen and oxygen atoms in total. The zero-order valence-corrected chi connectivity index (χ0v) is 12.5. The minimum Gasteiger partial charge on any atom is -0.496 e. The number of nitriles is 1. The van der Waals surface area contributed by atoms with Crippen molar-refractivity contribution in [2.45, 2.75) is 20.4 Å². The van der Waals surface area contributed by atoms with Gasteiger partial charge in [-0.2, -0.15) is 5.26 Å². The van der Waals surface area contributed by atoms with Crippen LogP contribution in [0.2, 0.25) is 0 Å². The minimum absolute atomic E-state index is 0.0164. The number of hydrogen-bond donors (Lipinski definition) is 0. The van der Waals surface area contributed by atoms with Crippen LogP contribution in [0.3, 0.4) is 0 Å². The van der Waals surface area contributed by atoms with Gasteiger partial charge in [-0.3, -0.25) is 4.79 Å². The predicted octanol–water partition coefficient (Wildman–Crippen LogP) is 3.26. The molecule has 0 atom stereocenters. The van der Waals surface area contributed by atoms with Crippen LogP contribution in [0, 0.1) is 17.2 Å². The van der Waals surface area contributed by atoms with E-state index >= 15 is 0 Å². The Morgan fingerprint density at radius 2 is 2.14 bits per heavy atom. The van der Waals surface area contributed by atoms with Crippen molar-refractivity contribution in [2.24, 2.45) is 5.92 Å². The summed E-state index contributed by atoms with van der Waals surface area (Å²) in [6.45, 7) is 4.34. The second-order valence-corrected chi connectivity index (χ2v) is 5.23. The standard InChI is InChI=1S/C17H18N2O2/c1-12(2)17(20)14-6-7-19(10-14)11-15-8-13(9-18)4-5-16(15)21-3/h4-8,10,12H,11H2,1-3H3. The van der Waals surface area contributed by atoms with Crippen molar-refractivity contribution in [2.75, 3.05) is 7.11 Å². The normalized spacial score (nSPS) is 10.4. The first-order valence-corrected chi connectivity index (χ1v) is 6.82. The minimum atomic E-state index is -0.0164. The zero-order chi connectivity index (χ0) is 15.4. The second kappa shape index (κ2) is 6.27. The summed E-state index contributed by atoms with van der Waals surface area (Å²) in [5.74, 6) is 0.850. The van der Waals surface area contributed by atoms with Gasteiger partial charge in [0.2, 0.25) is 0 Å². The lowest BCUT2D eigenvalue weighted by Crippen LogP contribution is -2.06. The monoisotopic (exact) mass is 282 g/mol. The van der Waals surface area contributed by atoms with E-state index in [2.05, 4.69) is 6.07 Å². The van der Waals surface area contributed by atoms with E-state index in [-0.39, 0.29) is 11.7 Å². The fraction of sp³-hybridized carbons (Fsp3) is 0.294. The third-order valence-corrected chi connectivity index (χ3v) is 3.32. The van der Waals surface area contributed by atoms with Crippen LogP contribution in [-0.2, 0) is 6.54 Å². The van der Waals surface area contributed by atoms with Gasteiger partial charge in [-0.1, -0.05) is 13.8 Å². The molecule has 0 aliphatic rings. The quantitative estimate of drug-likeness (QED) is 0.791. The summed E-state index contributed by atoms with van der Waals surface area (Å²) in [4.78, 5) is 12.0. The summed E-state index contributed by atoms with van der Waals surface area (Å²) >= 11 is 0. The Labute approximate surface area is 124 Å². The molecule has 0 spiro atoms. The molecule has 1 aromatic carbocycles. The zero-order valence-electron chi connectivity index (χ0n) is 12.5. The molecule has 1 heterocycles. The molecule has 0 saturated carbocycles. The van der Waals surface area contributed by atoms with Crippen molar-refractivity contribution in [3.05, 3.63) is 53.3 Å². The molecule has 0 N–H and O–H groups in total. The van der Waals surface area contributed by atoms with Gasteiger partial charge in [0.1, 0.15) is 5.75 Å². The lowest BCUT2D eigenvalue weighted by Gasteiger charge is -2.09. The van der Waals surface area contributed by atoms with E-state index in [1.165, 1.54) is 0 Å². The summed E-state index contributed by atoms with van der Waals surface area (Å²) in [6.07, 6.45) is 3.70. The highest BCUT2D eigenvalue weighted by Crippen LogP contribution is 2.21. The van der Waals surface area contributed by atoms with Crippen molar-refractivity contribution < 1.29 is 9.53 Å². The molecule has 0 radical (unpaired) electrons. The van der Waals surface area contributed by atoms with Gasteiger partial charge in [-0.05, 0) is 24.3 Å². The maximum Gasteiger partial charge on any atom is 0.166 e. The molecular formula is C17H18N2O2. The highest BCUT2D eigenvalue weighted by molar-refractivity contribution is 5.97. The molecule has 0 unspecified atom stereocenters. The van der Waals surface area contributed by atoms with Crippen LogP contribution in [0.1, 0.15) is 35.3 Å². The van der Waals surface area contributed by atoms with Crippen LogP contribution in [-0.4, -0.2) is 17.5 Å². The number of carbonyl (C=O) groups is 1. The van der Waals surface area contributed by atoms with Crippen molar-refractivity contribution in [1.29, 1.82) is 5.26 Å². The number of rotatable bonds is 5. The molecule has 0 aliphatic carbocycles. The number of hydrogen-bond acceptors (Lipinski definition) is 3. The molecule has 0 aliphatic heterocycles. The van der Waals surface area contributed by atoms with Crippen molar-refractivity contribution >= 4 is 5.78 Å². The van der Waals surface area contributed by atoms with E-state index in [1.807, 2.05) is 42.9 Å². The summed E-state index contributed by atoms with van der Waals surface area (Å²) in [5, 5.41) is 8.99. The van der Waals surface area contributed by atoms with Crippen LogP contribution >= 0.6 is 0 Å². The molecule has 2 rings (SSSR count). The third kappa shape index (κ3) is 3.32. The number of Topliss-reactive ketones (excluding diaryl/α,β-unsaturated/α-hetero) is 1. The van der Waals surface area contributed by atoms with Gasteiger partial charge < -0.3 is 9.30 Å². The number of ether oxygens (including phenoxy) is 1. The van der Waals surface area contributed by atoms with E-state index in [1.54, 1.807) is 19.2 Å². The van der Waals surface area contributed by atoms with Crippen LogP contribution in [0.4, 0.5) is 0 Å². The predicted molar refractivity (Wildman–Crippen MR) is 80.4 cm³/mol. The Hall–Kier alpha value is -2.54. The lowest BCUT2D eigenvalue weighted by atomic mass is 10.0. The van der Waals surface area contributed by atoms with Crippen LogP contribution in [0.15, 0.2) is 36.7 Å². The Balaban J connectivity index is 2.26. The fourth-order valence-electron chi connectivity index (χ4n) is 2.19. The topological polar surface area (TPSA) is 55.0 Å². The molecule has 108 valence electrons. The number of nitrogens with zero attached hydrogens (tertiary/aromatic N) is 2. The largest absolute Gasteiger partial charge is 0.496 e. The molecule has 0 bridgehead atoms. The summed E-state index contributed by atoms with van der Waals surface area (Å²) < 4.78 is 7.25. The lowest BCUT2D eigenvalue weighted by molar-refractivity contribution is 0.0939. The van der Waals surface area contributed by atoms with Crippen molar-refractivity contribution in [3.8, 4) is 11.8 Å². The van der Waals surface area contributed by atoms with Crippen LogP contribution in [0.5, 0.6) is 5.75 Å². The number of carbonyl (C=O) groups excluding carboxylic acids is 1. The molecule has 0 amide bonds. The van der Waals surface area contributed by atoms with Gasteiger partial charge >= 0.3 is 0 Å². The van der Waals surface area contributed by atoms with Gasteiger partial charge in [0.15, 0.2) is 5.78 Å². The van der Waals surface area contributed by atoms with E-state index in [0.29, 0.717) is 17.7 Å². The van der Waals surface area contributed by atoms with E-state index in [4.69, 9.17) is 10.00 Å². The van der Waals surface area contributed by atoms with Gasteiger partial charge in [0.05, 0.1) is 25.3 Å². The summed E-state index contributed by atoms with van der Waals surface area (Å²) in [7, 11) is 1.61. The number of ketones is 1. The van der Waals surface area contributed by atoms with Gasteiger partial charge in [-0.25, -0.2) is 0 Å². The number of benzene rings is 1. The molecule has 0 saturated heterocycles. The molecular weight excluding hydrogens is 264 g/mol. The summed E-state index contributed by atoms with van der Waals surface area (Å²) in [5.41, 5.74) is 2.22. The average Bonchev–Trinajstić information content (AvgIpc) is 2.94. The Morgan fingerprint density at radius 3 is 2.76 bits per heavy atom. The number of methoxy groups -OCH3 is 1. The van der Waals surface area contributed by atoms with Gasteiger partial charge in [-0.15, -0.1) is 0 Å². The second-order valence-electron chi connectivity index (χ2n) is 5.23. The third-order valence-electron chi connectivity index (χ3n) is 3.32. The Morgan fingerprint density at radius 1 is 1.38 bits per heavy atom. The number of aromatic nitrogens is 1. The smallest absolute Gasteiger partial charge is 0.166 e. The molecule has 4 heteroatoms. The van der Waals surface area contributed by atoms with Crippen LogP contribution in [0.25, 0.3) is 0 Å². The van der Waals surface area contributed by atoms with Crippen LogP contribution < -0.4 is 4.74 Å². The Kier molecular flexibility index (Phi) is 4.44. The maximum absolute atomic E-state index is 12.0. The fourth-order valence-corrected chi connectivity index (χ4v) is 2.19. The first-order chi connectivity index (χ1) is 10.0.